The number of amides is 1. The number of para-hydroxylation sites is 1. The summed E-state index contributed by atoms with van der Waals surface area (Å²) in [7, 11) is 0. The van der Waals surface area contributed by atoms with E-state index in [0.717, 1.165) is 12.1 Å². The van der Waals surface area contributed by atoms with Crippen LogP contribution < -0.4 is 4.90 Å². The molecule has 0 aliphatic carbocycles. The topological polar surface area (TPSA) is 37.4 Å². The molecule has 0 N–H and O–H groups in total. The van der Waals surface area contributed by atoms with E-state index in [9.17, 15) is 22.8 Å². The van der Waals surface area contributed by atoms with Gasteiger partial charge in [0.1, 0.15) is 0 Å². The highest BCUT2D eigenvalue weighted by molar-refractivity contribution is 6.54. The van der Waals surface area contributed by atoms with Crippen molar-refractivity contribution >= 4 is 29.0 Å². The molecule has 23 heavy (non-hydrogen) atoms. The lowest BCUT2D eigenvalue weighted by molar-refractivity contribution is -0.137. The molecule has 0 unspecified atom stereocenters. The number of Topliss-reactive ketones (excluding diaryl/α,β-unsaturated/α-hetero) is 1. The van der Waals surface area contributed by atoms with Gasteiger partial charge in [0.25, 0.3) is 11.7 Å². The van der Waals surface area contributed by atoms with Crippen molar-refractivity contribution in [2.24, 2.45) is 0 Å². The fourth-order valence-corrected chi connectivity index (χ4v) is 2.72. The molecule has 0 saturated carbocycles. The Morgan fingerprint density at radius 2 is 1.65 bits per heavy atom. The van der Waals surface area contributed by atoms with Crippen LogP contribution in [0.2, 0.25) is 5.02 Å². The number of hydrogen-bond donors (Lipinski definition) is 0. The van der Waals surface area contributed by atoms with Crippen molar-refractivity contribution in [2.75, 3.05) is 4.90 Å². The maximum Gasteiger partial charge on any atom is 0.416 e. The molecule has 2 aromatic carbocycles. The number of anilines is 1. The Morgan fingerprint density at radius 1 is 1.00 bits per heavy atom. The molecule has 7 heteroatoms. The molecule has 0 aromatic heterocycles. The van der Waals surface area contributed by atoms with Gasteiger partial charge in [-0.3, -0.25) is 14.5 Å². The van der Waals surface area contributed by atoms with Gasteiger partial charge in [-0.05, 0) is 29.8 Å². The number of carbonyl (C=O) groups is 2. The van der Waals surface area contributed by atoms with E-state index in [-0.39, 0.29) is 17.1 Å². The van der Waals surface area contributed by atoms with Crippen LogP contribution in [-0.4, -0.2) is 11.7 Å². The van der Waals surface area contributed by atoms with Crippen LogP contribution >= 0.6 is 11.6 Å². The molecule has 3 nitrogen and oxygen atoms in total. The largest absolute Gasteiger partial charge is 0.416 e. The number of rotatable bonds is 2. The highest BCUT2D eigenvalue weighted by Crippen LogP contribution is 2.37. The van der Waals surface area contributed by atoms with Crippen molar-refractivity contribution in [1.82, 2.24) is 0 Å². The van der Waals surface area contributed by atoms with Gasteiger partial charge in [0.15, 0.2) is 0 Å². The summed E-state index contributed by atoms with van der Waals surface area (Å²) in [5, 5.41) is 0.244. The van der Waals surface area contributed by atoms with Gasteiger partial charge in [-0.25, -0.2) is 0 Å². The third kappa shape index (κ3) is 2.70. The molecular formula is C16H9ClF3NO2. The van der Waals surface area contributed by atoms with Crippen LogP contribution in [0.15, 0.2) is 42.5 Å². The molecule has 0 atom stereocenters. The Balaban J connectivity index is 1.92. The number of alkyl halides is 3. The number of ketones is 1. The number of benzene rings is 2. The first-order chi connectivity index (χ1) is 10.8. The first-order valence-electron chi connectivity index (χ1n) is 6.60. The summed E-state index contributed by atoms with van der Waals surface area (Å²) in [6.45, 7) is -0.0283. The Kier molecular flexibility index (Phi) is 3.64. The van der Waals surface area contributed by atoms with Crippen molar-refractivity contribution in [1.29, 1.82) is 0 Å². The number of carbonyl (C=O) groups excluding carboxylic acids is 2. The second-order valence-electron chi connectivity index (χ2n) is 5.05. The predicted molar refractivity (Wildman–Crippen MR) is 78.4 cm³/mol. The van der Waals surface area contributed by atoms with E-state index in [4.69, 9.17) is 11.6 Å². The third-order valence-corrected chi connectivity index (χ3v) is 3.87. The monoisotopic (exact) mass is 339 g/mol. The first kappa shape index (κ1) is 15.6. The minimum atomic E-state index is -4.42. The maximum atomic E-state index is 12.6. The molecule has 1 heterocycles. The average Bonchev–Trinajstić information content (AvgIpc) is 2.73. The molecular weight excluding hydrogens is 331 g/mol. The number of fused-ring (bicyclic) bond motifs is 1. The van der Waals surface area contributed by atoms with Crippen LogP contribution in [0.25, 0.3) is 0 Å². The lowest BCUT2D eigenvalue weighted by Crippen LogP contribution is -2.29. The van der Waals surface area contributed by atoms with E-state index in [1.807, 2.05) is 0 Å². The SMILES string of the molecule is O=C1C(=O)N(Cc2ccc(C(F)(F)F)cc2)c2c(Cl)cccc21. The minimum absolute atomic E-state index is 0.0283. The van der Waals surface area contributed by atoms with Gasteiger partial charge < -0.3 is 0 Å². The molecule has 2 aromatic rings. The van der Waals surface area contributed by atoms with Crippen LogP contribution in [0, 0.1) is 0 Å². The van der Waals surface area contributed by atoms with E-state index in [2.05, 4.69) is 0 Å². The Bertz CT molecular complexity index is 800. The first-order valence-corrected chi connectivity index (χ1v) is 6.97. The van der Waals surface area contributed by atoms with Crippen molar-refractivity contribution in [3.8, 4) is 0 Å². The molecule has 0 fully saturated rings. The summed E-state index contributed by atoms with van der Waals surface area (Å²) in [6.07, 6.45) is -4.42. The summed E-state index contributed by atoms with van der Waals surface area (Å²) >= 11 is 6.05. The van der Waals surface area contributed by atoms with Crippen molar-refractivity contribution in [3.05, 3.63) is 64.2 Å². The van der Waals surface area contributed by atoms with E-state index in [0.29, 0.717) is 11.3 Å². The second-order valence-corrected chi connectivity index (χ2v) is 5.46. The van der Waals surface area contributed by atoms with Gasteiger partial charge in [0.2, 0.25) is 0 Å². The Hall–Kier alpha value is -2.34. The fourth-order valence-electron chi connectivity index (χ4n) is 2.44. The summed E-state index contributed by atoms with van der Waals surface area (Å²) in [4.78, 5) is 25.2. The van der Waals surface area contributed by atoms with E-state index in [1.54, 1.807) is 12.1 Å². The zero-order valence-electron chi connectivity index (χ0n) is 11.5. The van der Waals surface area contributed by atoms with Crippen LogP contribution in [0.4, 0.5) is 18.9 Å². The normalized spacial score (nSPS) is 14.3. The Morgan fingerprint density at radius 3 is 2.26 bits per heavy atom. The van der Waals surface area contributed by atoms with Gasteiger partial charge in [0, 0.05) is 0 Å². The van der Waals surface area contributed by atoms with E-state index < -0.39 is 23.4 Å². The summed E-state index contributed by atoms with van der Waals surface area (Å²) in [5.74, 6) is -1.41. The highest BCUT2D eigenvalue weighted by atomic mass is 35.5. The third-order valence-electron chi connectivity index (χ3n) is 3.56. The maximum absolute atomic E-state index is 12.6. The van der Waals surface area contributed by atoms with Crippen LogP contribution in [0.5, 0.6) is 0 Å². The fraction of sp³-hybridized carbons (Fsp3) is 0.125. The van der Waals surface area contributed by atoms with Crippen LogP contribution in [-0.2, 0) is 17.5 Å². The number of halogens is 4. The lowest BCUT2D eigenvalue weighted by atomic mass is 10.1. The molecule has 1 aliphatic rings. The lowest BCUT2D eigenvalue weighted by Gasteiger charge is -2.18. The predicted octanol–water partition coefficient (Wildman–Crippen LogP) is 4.09. The van der Waals surface area contributed by atoms with Crippen LogP contribution in [0.1, 0.15) is 21.5 Å². The highest BCUT2D eigenvalue weighted by Gasteiger charge is 2.37. The van der Waals surface area contributed by atoms with E-state index >= 15 is 0 Å². The molecule has 3 rings (SSSR count). The molecule has 1 aliphatic heterocycles. The summed E-state index contributed by atoms with van der Waals surface area (Å²) in [5.41, 5.74) is 0.189. The zero-order chi connectivity index (χ0) is 16.8. The van der Waals surface area contributed by atoms with Crippen molar-refractivity contribution in [3.63, 3.8) is 0 Å². The van der Waals surface area contributed by atoms with Gasteiger partial charge in [0.05, 0.1) is 28.4 Å². The number of nitrogens with zero attached hydrogens (tertiary/aromatic N) is 1. The number of hydrogen-bond acceptors (Lipinski definition) is 2. The zero-order valence-corrected chi connectivity index (χ0v) is 12.3. The molecule has 1 amide bonds. The van der Waals surface area contributed by atoms with Crippen molar-refractivity contribution in [2.45, 2.75) is 12.7 Å². The summed E-state index contributed by atoms with van der Waals surface area (Å²) in [6, 6.07) is 9.02. The smallest absolute Gasteiger partial charge is 0.299 e. The molecule has 0 radical (unpaired) electrons. The van der Waals surface area contributed by atoms with Crippen molar-refractivity contribution < 1.29 is 22.8 Å². The molecule has 118 valence electrons. The van der Waals surface area contributed by atoms with Gasteiger partial charge in [-0.2, -0.15) is 13.2 Å². The molecule has 0 spiro atoms. The van der Waals surface area contributed by atoms with Gasteiger partial charge in [-0.1, -0.05) is 29.8 Å². The Labute approximate surface area is 134 Å². The minimum Gasteiger partial charge on any atom is -0.299 e. The standard InChI is InChI=1S/C16H9ClF3NO2/c17-12-3-1-2-11-13(12)21(15(23)14(11)22)8-9-4-6-10(7-5-9)16(18,19)20/h1-7H,8H2. The average molecular weight is 340 g/mol. The van der Waals surface area contributed by atoms with Crippen LogP contribution in [0.3, 0.4) is 0 Å². The second kappa shape index (κ2) is 5.38. The molecule has 0 bridgehead atoms. The van der Waals surface area contributed by atoms with E-state index in [1.165, 1.54) is 23.1 Å². The quantitative estimate of drug-likeness (QED) is 0.773. The van der Waals surface area contributed by atoms with Gasteiger partial charge in [-0.15, -0.1) is 0 Å². The van der Waals surface area contributed by atoms with Gasteiger partial charge >= 0.3 is 6.18 Å². The summed E-state index contributed by atoms with van der Waals surface area (Å²) < 4.78 is 37.7. The molecule has 0 saturated heterocycles.